The Morgan fingerprint density at radius 3 is 2.83 bits per heavy atom. The molecule has 3 aromatic rings. The first-order valence-corrected chi connectivity index (χ1v) is 8.17. The molecule has 0 radical (unpaired) electrons. The number of aryl methyl sites for hydroxylation is 3. The van der Waals surface area contributed by atoms with Gasteiger partial charge in [0.1, 0.15) is 5.82 Å². The molecule has 24 heavy (non-hydrogen) atoms. The van der Waals surface area contributed by atoms with Gasteiger partial charge in [-0.05, 0) is 39.0 Å². The van der Waals surface area contributed by atoms with E-state index in [1.54, 1.807) is 4.52 Å². The van der Waals surface area contributed by atoms with Gasteiger partial charge in [0.05, 0.1) is 24.9 Å². The summed E-state index contributed by atoms with van der Waals surface area (Å²) in [7, 11) is 0. The van der Waals surface area contributed by atoms with Crippen molar-refractivity contribution in [2.24, 2.45) is 0 Å². The van der Waals surface area contributed by atoms with Crippen LogP contribution in [0.25, 0.3) is 5.65 Å². The van der Waals surface area contributed by atoms with Crippen LogP contribution in [0.1, 0.15) is 17.2 Å². The van der Waals surface area contributed by atoms with Gasteiger partial charge in [-0.25, -0.2) is 0 Å². The number of anilines is 1. The highest BCUT2D eigenvalue weighted by molar-refractivity contribution is 5.46. The number of aromatic nitrogens is 6. The maximum Gasteiger partial charge on any atom is 0.178 e. The zero-order valence-corrected chi connectivity index (χ0v) is 14.2. The second-order valence-electron chi connectivity index (χ2n) is 6.26. The Balaban J connectivity index is 1.53. The van der Waals surface area contributed by atoms with Crippen molar-refractivity contribution in [2.45, 2.75) is 33.4 Å². The Bertz CT molecular complexity index is 869. The molecule has 0 bridgehead atoms. The molecule has 0 aliphatic carbocycles. The van der Waals surface area contributed by atoms with E-state index < -0.39 is 0 Å². The number of hydrogen-bond acceptors (Lipinski definition) is 6. The summed E-state index contributed by atoms with van der Waals surface area (Å²) in [6.07, 6.45) is 0.0938. The summed E-state index contributed by atoms with van der Waals surface area (Å²) in [4.78, 5) is 2.25. The molecule has 126 valence electrons. The molecule has 1 saturated heterocycles. The summed E-state index contributed by atoms with van der Waals surface area (Å²) in [6.45, 7) is 9.05. The maximum absolute atomic E-state index is 5.93. The van der Waals surface area contributed by atoms with Gasteiger partial charge >= 0.3 is 0 Å². The first-order valence-electron chi connectivity index (χ1n) is 8.17. The molecule has 3 aromatic heterocycles. The van der Waals surface area contributed by atoms with Crippen molar-refractivity contribution in [1.29, 1.82) is 0 Å². The fraction of sp³-hybridized carbons (Fsp3) is 0.500. The standard InChI is InChI=1S/C16H21N7O/c1-11-8-12(2)22(19-11)10-14-9-21(6-7-24-14)16-5-4-15-18-17-13(3)23(15)20-16/h4-5,8,14H,6-7,9-10H2,1-3H3. The highest BCUT2D eigenvalue weighted by Crippen LogP contribution is 2.17. The molecule has 0 spiro atoms. The minimum atomic E-state index is 0.0938. The fourth-order valence-electron chi connectivity index (χ4n) is 3.15. The van der Waals surface area contributed by atoms with E-state index in [4.69, 9.17) is 4.74 Å². The average molecular weight is 327 g/mol. The molecule has 4 rings (SSSR count). The minimum Gasteiger partial charge on any atom is -0.373 e. The highest BCUT2D eigenvalue weighted by atomic mass is 16.5. The van der Waals surface area contributed by atoms with Gasteiger partial charge in [-0.1, -0.05) is 0 Å². The van der Waals surface area contributed by atoms with E-state index >= 15 is 0 Å². The van der Waals surface area contributed by atoms with Crippen LogP contribution < -0.4 is 4.90 Å². The van der Waals surface area contributed by atoms with Crippen LogP contribution in [0.2, 0.25) is 0 Å². The van der Waals surface area contributed by atoms with Gasteiger partial charge in [0.2, 0.25) is 0 Å². The molecular formula is C16H21N7O. The molecule has 0 N–H and O–H groups in total. The Morgan fingerprint density at radius 2 is 2.04 bits per heavy atom. The largest absolute Gasteiger partial charge is 0.373 e. The number of nitrogens with zero attached hydrogens (tertiary/aromatic N) is 7. The Morgan fingerprint density at radius 1 is 1.17 bits per heavy atom. The quantitative estimate of drug-likeness (QED) is 0.718. The van der Waals surface area contributed by atoms with E-state index in [9.17, 15) is 0 Å². The Hall–Kier alpha value is -2.48. The van der Waals surface area contributed by atoms with Gasteiger partial charge in [-0.15, -0.1) is 15.3 Å². The third-order valence-corrected chi connectivity index (χ3v) is 4.35. The molecule has 8 nitrogen and oxygen atoms in total. The van der Waals surface area contributed by atoms with Gasteiger partial charge in [-0.3, -0.25) is 4.68 Å². The summed E-state index contributed by atoms with van der Waals surface area (Å²) in [6, 6.07) is 6.04. The van der Waals surface area contributed by atoms with Crippen LogP contribution in [0.15, 0.2) is 18.2 Å². The molecule has 1 unspecified atom stereocenters. The molecule has 0 aromatic carbocycles. The zero-order valence-electron chi connectivity index (χ0n) is 14.2. The summed E-state index contributed by atoms with van der Waals surface area (Å²) in [5.74, 6) is 1.71. The van der Waals surface area contributed by atoms with Gasteiger partial charge in [-0.2, -0.15) is 9.61 Å². The van der Waals surface area contributed by atoms with E-state index in [1.807, 2.05) is 30.7 Å². The SMILES string of the molecule is Cc1cc(C)n(CC2CN(c3ccc4nnc(C)n4n3)CCO2)n1. The van der Waals surface area contributed by atoms with Crippen molar-refractivity contribution in [3.63, 3.8) is 0 Å². The van der Waals surface area contributed by atoms with Crippen LogP contribution >= 0.6 is 0 Å². The fourth-order valence-corrected chi connectivity index (χ4v) is 3.15. The maximum atomic E-state index is 5.93. The van der Waals surface area contributed by atoms with E-state index in [-0.39, 0.29) is 6.10 Å². The summed E-state index contributed by atoms with van der Waals surface area (Å²) in [5.41, 5.74) is 2.96. The lowest BCUT2D eigenvalue weighted by molar-refractivity contribution is 0.0267. The molecule has 1 atom stereocenters. The number of ether oxygens (including phenoxy) is 1. The van der Waals surface area contributed by atoms with Crippen LogP contribution in [-0.2, 0) is 11.3 Å². The van der Waals surface area contributed by atoms with Crippen molar-refractivity contribution in [2.75, 3.05) is 24.6 Å². The minimum absolute atomic E-state index is 0.0938. The second kappa shape index (κ2) is 5.86. The predicted octanol–water partition coefficient (Wildman–Crippen LogP) is 1.15. The molecule has 1 aliphatic rings. The smallest absolute Gasteiger partial charge is 0.178 e. The molecule has 4 heterocycles. The lowest BCUT2D eigenvalue weighted by Crippen LogP contribution is -2.45. The zero-order chi connectivity index (χ0) is 16.7. The molecule has 1 fully saturated rings. The van der Waals surface area contributed by atoms with Crippen molar-refractivity contribution < 1.29 is 4.74 Å². The Kier molecular flexibility index (Phi) is 3.68. The third kappa shape index (κ3) is 2.73. The van der Waals surface area contributed by atoms with Crippen LogP contribution in [0.4, 0.5) is 5.82 Å². The van der Waals surface area contributed by atoms with Crippen LogP contribution in [0.3, 0.4) is 0 Å². The van der Waals surface area contributed by atoms with Gasteiger partial charge in [0.25, 0.3) is 0 Å². The monoisotopic (exact) mass is 327 g/mol. The topological polar surface area (TPSA) is 73.4 Å². The number of morpholine rings is 1. The molecular weight excluding hydrogens is 306 g/mol. The molecule has 8 heteroatoms. The summed E-state index contributed by atoms with van der Waals surface area (Å²) < 4.78 is 9.73. The van der Waals surface area contributed by atoms with E-state index in [2.05, 4.69) is 38.3 Å². The first kappa shape index (κ1) is 15.1. The second-order valence-corrected chi connectivity index (χ2v) is 6.26. The van der Waals surface area contributed by atoms with Gasteiger partial charge < -0.3 is 9.64 Å². The average Bonchev–Trinajstić information content (AvgIpc) is 3.10. The van der Waals surface area contributed by atoms with Gasteiger partial charge in [0.15, 0.2) is 11.5 Å². The van der Waals surface area contributed by atoms with Crippen molar-refractivity contribution >= 4 is 11.5 Å². The van der Waals surface area contributed by atoms with Crippen molar-refractivity contribution in [1.82, 2.24) is 29.6 Å². The van der Waals surface area contributed by atoms with E-state index in [0.29, 0.717) is 6.61 Å². The normalized spacial score (nSPS) is 18.5. The first-order chi connectivity index (χ1) is 11.6. The predicted molar refractivity (Wildman–Crippen MR) is 89.2 cm³/mol. The van der Waals surface area contributed by atoms with Crippen molar-refractivity contribution in [3.8, 4) is 0 Å². The van der Waals surface area contributed by atoms with E-state index in [0.717, 1.165) is 48.3 Å². The number of hydrogen-bond donors (Lipinski definition) is 0. The highest BCUT2D eigenvalue weighted by Gasteiger charge is 2.23. The van der Waals surface area contributed by atoms with Crippen LogP contribution in [-0.4, -0.2) is 55.4 Å². The lowest BCUT2D eigenvalue weighted by Gasteiger charge is -2.33. The number of fused-ring (bicyclic) bond motifs is 1. The summed E-state index contributed by atoms with van der Waals surface area (Å²) >= 11 is 0. The van der Waals surface area contributed by atoms with E-state index in [1.165, 1.54) is 0 Å². The molecule has 0 saturated carbocycles. The Labute approximate surface area is 140 Å². The summed E-state index contributed by atoms with van der Waals surface area (Å²) in [5, 5.41) is 17.3. The lowest BCUT2D eigenvalue weighted by atomic mass is 10.2. The molecule has 1 aliphatic heterocycles. The molecule has 0 amide bonds. The van der Waals surface area contributed by atoms with Gasteiger partial charge in [0, 0.05) is 18.8 Å². The van der Waals surface area contributed by atoms with Crippen molar-refractivity contribution in [3.05, 3.63) is 35.4 Å². The van der Waals surface area contributed by atoms with Crippen LogP contribution in [0, 0.1) is 20.8 Å². The number of rotatable bonds is 3. The van der Waals surface area contributed by atoms with Crippen LogP contribution in [0.5, 0.6) is 0 Å². The third-order valence-electron chi connectivity index (χ3n) is 4.35.